The molecule has 0 atom stereocenters. The summed E-state index contributed by atoms with van der Waals surface area (Å²) in [5, 5.41) is 0. The summed E-state index contributed by atoms with van der Waals surface area (Å²) >= 11 is 4.78. The quantitative estimate of drug-likeness (QED) is 0.765. The molecule has 1 aliphatic heterocycles. The van der Waals surface area contributed by atoms with Gasteiger partial charge in [0.25, 0.3) is 5.79 Å². The van der Waals surface area contributed by atoms with Crippen molar-refractivity contribution in [3.63, 3.8) is 0 Å². The van der Waals surface area contributed by atoms with E-state index in [1.165, 1.54) is 23.9 Å². The number of hydrogen-bond acceptors (Lipinski definition) is 4. The van der Waals surface area contributed by atoms with Gasteiger partial charge in [-0.3, -0.25) is 0 Å². The van der Waals surface area contributed by atoms with Gasteiger partial charge in [0.2, 0.25) is 0 Å². The maximum absolute atomic E-state index is 5.29. The van der Waals surface area contributed by atoms with Gasteiger partial charge in [0.05, 0.1) is 6.20 Å². The molecular formula is C7H6BrNO2S. The molecule has 2 rings (SSSR count). The van der Waals surface area contributed by atoms with Crippen molar-refractivity contribution in [3.8, 4) is 0 Å². The van der Waals surface area contributed by atoms with E-state index in [-0.39, 0.29) is 0 Å². The zero-order chi connectivity index (χ0) is 8.60. The van der Waals surface area contributed by atoms with Crippen LogP contribution in [-0.2, 0) is 15.3 Å². The van der Waals surface area contributed by atoms with Crippen LogP contribution in [0.25, 0.3) is 0 Å². The van der Waals surface area contributed by atoms with Crippen LogP contribution in [0.4, 0.5) is 0 Å². The van der Waals surface area contributed by atoms with Crippen molar-refractivity contribution in [1.29, 1.82) is 0 Å². The van der Waals surface area contributed by atoms with E-state index in [0.717, 1.165) is 8.79 Å². The number of thiazole rings is 1. The molecule has 12 heavy (non-hydrogen) atoms. The van der Waals surface area contributed by atoms with Crippen LogP contribution in [0.5, 0.6) is 0 Å². The number of rotatable bonds is 1. The second-order valence-electron chi connectivity index (χ2n) is 2.43. The van der Waals surface area contributed by atoms with E-state index in [4.69, 9.17) is 9.47 Å². The van der Waals surface area contributed by atoms with E-state index < -0.39 is 5.79 Å². The second-order valence-corrected chi connectivity index (χ2v) is 4.74. The highest BCUT2D eigenvalue weighted by molar-refractivity contribution is 9.11. The molecule has 0 unspecified atom stereocenters. The predicted octanol–water partition coefficient (Wildman–Crippen LogP) is 2.60. The van der Waals surface area contributed by atoms with Crippen LogP contribution in [0.1, 0.15) is 11.8 Å². The maximum Gasteiger partial charge on any atom is 0.284 e. The van der Waals surface area contributed by atoms with Crippen LogP contribution in [0.3, 0.4) is 0 Å². The first-order valence-corrected chi connectivity index (χ1v) is 4.94. The van der Waals surface area contributed by atoms with E-state index in [9.17, 15) is 0 Å². The van der Waals surface area contributed by atoms with Crippen LogP contribution in [0.15, 0.2) is 22.6 Å². The third kappa shape index (κ3) is 1.23. The van der Waals surface area contributed by atoms with E-state index in [2.05, 4.69) is 20.9 Å². The minimum atomic E-state index is -0.677. The Hall–Kier alpha value is -0.550. The Morgan fingerprint density at radius 2 is 2.17 bits per heavy atom. The first kappa shape index (κ1) is 8.07. The Bertz CT molecular complexity index is 315. The zero-order valence-corrected chi connectivity index (χ0v) is 8.68. The van der Waals surface area contributed by atoms with Crippen molar-refractivity contribution >= 4 is 27.3 Å². The fourth-order valence-electron chi connectivity index (χ4n) is 0.922. The third-order valence-electron chi connectivity index (χ3n) is 1.57. The number of hydrogen-bond donors (Lipinski definition) is 0. The molecule has 0 amide bonds. The van der Waals surface area contributed by atoms with Crippen LogP contribution in [0.2, 0.25) is 0 Å². The summed E-state index contributed by atoms with van der Waals surface area (Å²) < 4.78 is 11.4. The minimum Gasteiger partial charge on any atom is -0.452 e. The standard InChI is InChI=1S/C7H6BrNO2S/c1-7(10-2-3-11-7)5-4-9-6(8)12-5/h2-4H,1H3. The van der Waals surface area contributed by atoms with Gasteiger partial charge in [0, 0.05) is 6.92 Å². The molecule has 0 N–H and O–H groups in total. The van der Waals surface area contributed by atoms with E-state index in [1.54, 1.807) is 6.20 Å². The average Bonchev–Trinajstić information content (AvgIpc) is 2.59. The lowest BCUT2D eigenvalue weighted by molar-refractivity contribution is -0.130. The molecular weight excluding hydrogens is 242 g/mol. The van der Waals surface area contributed by atoms with Gasteiger partial charge >= 0.3 is 0 Å². The molecule has 0 fully saturated rings. The lowest BCUT2D eigenvalue weighted by atomic mass is 10.3. The summed E-state index contributed by atoms with van der Waals surface area (Å²) in [7, 11) is 0. The van der Waals surface area contributed by atoms with Crippen molar-refractivity contribution in [3.05, 3.63) is 27.5 Å². The number of ether oxygens (including phenoxy) is 2. The van der Waals surface area contributed by atoms with Gasteiger partial charge in [-0.2, -0.15) is 0 Å². The van der Waals surface area contributed by atoms with Crippen molar-refractivity contribution in [1.82, 2.24) is 4.98 Å². The highest BCUT2D eigenvalue weighted by atomic mass is 79.9. The third-order valence-corrected chi connectivity index (χ3v) is 3.23. The van der Waals surface area contributed by atoms with Gasteiger partial charge < -0.3 is 9.47 Å². The summed E-state index contributed by atoms with van der Waals surface area (Å²) in [4.78, 5) is 5.00. The first-order valence-electron chi connectivity index (χ1n) is 3.33. The number of halogens is 1. The van der Waals surface area contributed by atoms with Crippen molar-refractivity contribution in [2.24, 2.45) is 0 Å². The van der Waals surface area contributed by atoms with Crippen LogP contribution in [-0.4, -0.2) is 4.98 Å². The van der Waals surface area contributed by atoms with Crippen LogP contribution < -0.4 is 0 Å². The van der Waals surface area contributed by atoms with Gasteiger partial charge in [-0.05, 0) is 15.9 Å². The van der Waals surface area contributed by atoms with Gasteiger partial charge in [0.1, 0.15) is 17.4 Å². The van der Waals surface area contributed by atoms with Crippen LogP contribution in [0, 0.1) is 0 Å². The van der Waals surface area contributed by atoms with Gasteiger partial charge in [-0.25, -0.2) is 4.98 Å². The molecule has 0 bridgehead atoms. The normalized spacial score (nSPS) is 18.8. The fourth-order valence-corrected chi connectivity index (χ4v) is 2.22. The monoisotopic (exact) mass is 247 g/mol. The summed E-state index contributed by atoms with van der Waals surface area (Å²) in [6.07, 6.45) is 4.81. The Labute approximate surface area is 82.2 Å². The molecule has 0 aromatic carbocycles. The van der Waals surface area contributed by atoms with Gasteiger partial charge in [-0.15, -0.1) is 11.3 Å². The zero-order valence-electron chi connectivity index (χ0n) is 6.28. The number of nitrogens with zero attached hydrogens (tertiary/aromatic N) is 1. The Balaban J connectivity index is 2.30. The topological polar surface area (TPSA) is 31.4 Å². The highest BCUT2D eigenvalue weighted by Gasteiger charge is 2.34. The Morgan fingerprint density at radius 1 is 1.50 bits per heavy atom. The molecule has 1 aromatic rings. The van der Waals surface area contributed by atoms with E-state index in [0.29, 0.717) is 0 Å². The minimum absolute atomic E-state index is 0.677. The molecule has 3 nitrogen and oxygen atoms in total. The maximum atomic E-state index is 5.29. The molecule has 2 heterocycles. The Morgan fingerprint density at radius 3 is 2.67 bits per heavy atom. The molecule has 0 aliphatic carbocycles. The molecule has 5 heteroatoms. The van der Waals surface area contributed by atoms with E-state index in [1.807, 2.05) is 6.92 Å². The van der Waals surface area contributed by atoms with Gasteiger partial charge in [0.15, 0.2) is 3.92 Å². The van der Waals surface area contributed by atoms with Crippen LogP contribution >= 0.6 is 27.3 Å². The SMILES string of the molecule is CC1(c2cnc(Br)s2)OC=CO1. The number of aromatic nitrogens is 1. The smallest absolute Gasteiger partial charge is 0.284 e. The molecule has 1 aromatic heterocycles. The first-order chi connectivity index (χ1) is 5.71. The predicted molar refractivity (Wildman–Crippen MR) is 48.5 cm³/mol. The average molecular weight is 248 g/mol. The fraction of sp³-hybridized carbons (Fsp3) is 0.286. The molecule has 0 spiro atoms. The van der Waals surface area contributed by atoms with Crippen molar-refractivity contribution < 1.29 is 9.47 Å². The van der Waals surface area contributed by atoms with E-state index >= 15 is 0 Å². The van der Waals surface area contributed by atoms with Crippen molar-refractivity contribution in [2.45, 2.75) is 12.7 Å². The molecule has 64 valence electrons. The Kier molecular flexibility index (Phi) is 1.84. The molecule has 1 aliphatic rings. The summed E-state index contributed by atoms with van der Waals surface area (Å²) in [6.45, 7) is 1.85. The lowest BCUT2D eigenvalue weighted by Crippen LogP contribution is -2.20. The van der Waals surface area contributed by atoms with Gasteiger partial charge in [-0.1, -0.05) is 0 Å². The van der Waals surface area contributed by atoms with Crippen molar-refractivity contribution in [2.75, 3.05) is 0 Å². The second kappa shape index (κ2) is 2.74. The summed E-state index contributed by atoms with van der Waals surface area (Å²) in [6, 6.07) is 0. The molecule has 0 radical (unpaired) electrons. The summed E-state index contributed by atoms with van der Waals surface area (Å²) in [5.41, 5.74) is 0. The highest BCUT2D eigenvalue weighted by Crippen LogP contribution is 2.36. The lowest BCUT2D eigenvalue weighted by Gasteiger charge is -2.20. The largest absolute Gasteiger partial charge is 0.452 e. The summed E-state index contributed by atoms with van der Waals surface area (Å²) in [5.74, 6) is -0.677. The molecule has 0 saturated heterocycles. The molecule has 0 saturated carbocycles.